The zero-order valence-corrected chi connectivity index (χ0v) is 69.7. The van der Waals surface area contributed by atoms with Gasteiger partial charge < -0.3 is 188 Å². The lowest BCUT2D eigenvalue weighted by Gasteiger charge is -2.27. The molecule has 130 heavy (non-hydrogen) atoms. The van der Waals surface area contributed by atoms with Gasteiger partial charge in [-0.15, -0.1) is 0 Å². The van der Waals surface area contributed by atoms with Crippen LogP contribution in [0, 0.1) is 0 Å². The number of nitrogens with one attached hydrogen (secondary N) is 14. The van der Waals surface area contributed by atoms with E-state index in [1.54, 1.807) is 0 Å². The van der Waals surface area contributed by atoms with Crippen LogP contribution in [0.3, 0.4) is 0 Å². The second-order valence-electron chi connectivity index (χ2n) is 29.1. The summed E-state index contributed by atoms with van der Waals surface area (Å²) < 4.78 is 0. The van der Waals surface area contributed by atoms with Crippen molar-refractivity contribution in [2.75, 3.05) is 62.8 Å². The molecule has 12 amide bonds. The van der Waals surface area contributed by atoms with Gasteiger partial charge in [0.1, 0.15) is 109 Å². The molecule has 0 fully saturated rings. The number of nitrogen functional groups attached to an aromatic ring is 1. The lowest BCUT2D eigenvalue weighted by atomic mass is 10.0. The second-order valence-corrected chi connectivity index (χ2v) is 29.4. The van der Waals surface area contributed by atoms with Crippen LogP contribution in [0.1, 0.15) is 99.5 Å². The predicted molar refractivity (Wildman–Crippen MR) is 436 cm³/mol. The van der Waals surface area contributed by atoms with Gasteiger partial charge in [-0.2, -0.15) is 17.6 Å². The third kappa shape index (κ3) is 39.0. The fourth-order valence-electron chi connectivity index (χ4n) is 11.4. The van der Waals surface area contributed by atoms with Crippen molar-refractivity contribution in [3.05, 3.63) is 52.1 Å². The Labute approximate surface area is 739 Å². The van der Waals surface area contributed by atoms with Crippen LogP contribution in [0.15, 0.2) is 35.3 Å². The molecule has 1 aromatic carbocycles. The molecular formula is C72H109N19O38S. The summed E-state index contributed by atoms with van der Waals surface area (Å²) in [6.07, 6.45) is -37.2. The third-order valence-corrected chi connectivity index (χ3v) is 19.3. The summed E-state index contributed by atoms with van der Waals surface area (Å²) in [6.45, 7) is -7.27. The minimum atomic E-state index is -2.32. The maximum atomic E-state index is 14.8. The maximum absolute atomic E-state index is 14.8. The zero-order chi connectivity index (χ0) is 98.1. The first-order valence-electron chi connectivity index (χ1n) is 39.4. The fraction of sp³-hybridized carbons (Fsp3) is 0.597. The molecular weight excluding hydrogens is 1770 g/mol. The molecule has 0 radical (unpaired) electrons. The highest BCUT2D eigenvalue weighted by Gasteiger charge is 2.39. The Morgan fingerprint density at radius 3 is 1.13 bits per heavy atom. The van der Waals surface area contributed by atoms with Crippen molar-refractivity contribution >= 4 is 136 Å². The van der Waals surface area contributed by atoms with E-state index in [-0.39, 0.29) is 34.9 Å². The maximum Gasteiger partial charge on any atom is 0.327 e. The van der Waals surface area contributed by atoms with Gasteiger partial charge >= 0.3 is 35.4 Å². The van der Waals surface area contributed by atoms with Gasteiger partial charge in [0.05, 0.1) is 63.0 Å². The Morgan fingerprint density at radius 1 is 0.392 bits per heavy atom. The summed E-state index contributed by atoms with van der Waals surface area (Å²) in [6, 6.07) is -13.4. The van der Waals surface area contributed by atoms with Gasteiger partial charge in [0, 0.05) is 81.7 Å². The Kier molecular flexibility index (Phi) is 48.4. The predicted octanol–water partition coefficient (Wildman–Crippen LogP) is -17.1. The van der Waals surface area contributed by atoms with Gasteiger partial charge in [0.2, 0.25) is 70.9 Å². The molecule has 0 unspecified atom stereocenters. The quantitative estimate of drug-likeness (QED) is 0.0233. The molecule has 0 saturated carbocycles. The van der Waals surface area contributed by atoms with E-state index in [0.29, 0.717) is 5.69 Å². The molecule has 3 rings (SSSR count). The van der Waals surface area contributed by atoms with Gasteiger partial charge in [0.25, 0.3) is 5.91 Å². The SMILES string of the molecule is Nc1nc(=O)c2nc(CNc3ccc(C(=O)N[C@@H](CCC(=O)N[C@@H](CCC(=O)NC[C@H](O)[C@@H](O)[C@H](O)[C@H](O)CO)C(=O)N[C@@H](CCC(=O)O)C(=O)N[C@@H](CCC(=O)NC[C@H](O)[C@@H](O)[C@H](O)[C@H](O)CO)C(=O)N[C@@H](CCC(=O)O)C(=O)N[C@@H](CCC(=O)NC[C@H](O)[C@@H](O)[C@H](O)[C@H](O)CO)C(=O)NC[C@H](N)C(=O)N[C@@H](CC(=O)O)C(=O)N[C@@H](CS)C(=O)O)C(=O)O)cc3)cnc2[nH]1. The number of rotatable bonds is 62. The van der Waals surface area contributed by atoms with Crippen molar-refractivity contribution in [3.63, 3.8) is 0 Å². The highest BCUT2D eigenvalue weighted by atomic mass is 32.1. The van der Waals surface area contributed by atoms with Crippen molar-refractivity contribution < 1.29 is 184 Å². The van der Waals surface area contributed by atoms with Gasteiger partial charge in [-0.05, 0) is 62.8 Å². The molecule has 38 N–H and O–H groups in total. The standard InChI is InChI=1S/C72H109N19O38S/c73-31(62(118)88-38(17-52(109)110)68(124)89-39(27-130)71(128)129)20-80-63(119)32(5-11-46(101)76-21-40(95)54(111)57(114)43(98)24-92)83-66(122)35(9-15-50(105)106)86-65(121)34(7-13-48(103)78-23-42(97)56(113)59(116)45(100)26-94)84-67(123)36(10-16-51(107)108)85-64(120)33(6-12-47(102)77-22-41(96)55(112)58(115)44(99)25-93)82-49(104)14-8-37(70(126)127)87-61(117)28-1-3-29(4-2-28)75-18-30-19-79-60-53(81-30)69(125)91-72(74)90-60/h1-4,19,31-45,54-59,75,92-100,111-116,130H,5-18,20-27,73H2,(H,76,101)(H,77,102)(H,78,103)(H,80,119)(H,82,104)(H,83,122)(H,84,123)(H,85,120)(H,86,121)(H,87,117)(H,88,118)(H,89,124)(H,105,106)(H,107,108)(H,109,110)(H,126,127)(H,128,129)(H3,74,79,90,91,125)/t31-,32-,33-,34-,35-,36-,37-,38-,39-,40-,41-,42-,43+,44+,45+,54+,55+,56+,57+,58+,59+/m0/s1. The zero-order valence-electron chi connectivity index (χ0n) is 68.8. The highest BCUT2D eigenvalue weighted by Crippen LogP contribution is 2.17. The number of carbonyl (C=O) groups is 17. The molecule has 3 aromatic rings. The molecule has 2 aromatic heterocycles. The number of aliphatic hydroxyl groups excluding tert-OH is 15. The van der Waals surface area contributed by atoms with Crippen molar-refractivity contribution in [3.8, 4) is 0 Å². The van der Waals surface area contributed by atoms with Crippen molar-refractivity contribution in [1.82, 2.24) is 83.7 Å². The number of H-pyrrole nitrogens is 1. The lowest BCUT2D eigenvalue weighted by Crippen LogP contribution is -2.60. The number of carboxylic acid groups (broad SMARTS) is 5. The van der Waals surface area contributed by atoms with E-state index in [0.717, 1.165) is 0 Å². The van der Waals surface area contributed by atoms with Crippen LogP contribution in [0.2, 0.25) is 0 Å². The van der Waals surface area contributed by atoms with Crippen molar-refractivity contribution in [1.29, 1.82) is 0 Å². The van der Waals surface area contributed by atoms with Crippen LogP contribution in [-0.4, -0.2) is 402 Å². The first-order valence-corrected chi connectivity index (χ1v) is 40.0. The number of hydrogen-bond acceptors (Lipinski definition) is 40. The second kappa shape index (κ2) is 56.2. The fourth-order valence-corrected chi connectivity index (χ4v) is 11.6. The molecule has 2 heterocycles. The molecule has 0 aliphatic carbocycles. The Bertz CT molecular complexity index is 4410. The summed E-state index contributed by atoms with van der Waals surface area (Å²) in [5, 5.41) is 227. The third-order valence-electron chi connectivity index (χ3n) is 19.0. The Balaban J connectivity index is 2.12. The number of nitrogens with zero attached hydrogens (tertiary/aromatic N) is 3. The summed E-state index contributed by atoms with van der Waals surface area (Å²) in [5.74, 6) is -25.5. The smallest absolute Gasteiger partial charge is 0.327 e. The van der Waals surface area contributed by atoms with E-state index in [9.17, 15) is 188 Å². The number of anilines is 2. The van der Waals surface area contributed by atoms with E-state index >= 15 is 0 Å². The van der Waals surface area contributed by atoms with Gasteiger partial charge in [-0.1, -0.05) is 0 Å². The number of aliphatic hydroxyl groups is 15. The van der Waals surface area contributed by atoms with Crippen LogP contribution in [-0.2, 0) is 83.3 Å². The Hall–Kier alpha value is -12.3. The highest BCUT2D eigenvalue weighted by molar-refractivity contribution is 7.80. The number of aromatic nitrogens is 4. The van der Waals surface area contributed by atoms with Crippen molar-refractivity contribution in [2.45, 2.75) is 218 Å². The van der Waals surface area contributed by atoms with E-state index in [2.05, 4.69) is 91.0 Å². The van der Waals surface area contributed by atoms with Crippen LogP contribution < -0.4 is 86.1 Å². The lowest BCUT2D eigenvalue weighted by molar-refractivity contribution is -0.143. The van der Waals surface area contributed by atoms with Gasteiger partial charge in [-0.3, -0.25) is 76.7 Å². The van der Waals surface area contributed by atoms with Crippen LogP contribution in [0.25, 0.3) is 11.2 Å². The van der Waals surface area contributed by atoms with Gasteiger partial charge in [-0.25, -0.2) is 19.6 Å². The number of nitrogens with two attached hydrogens (primary N) is 2. The number of aliphatic carboxylic acids is 5. The number of fused-ring (bicyclic) bond motifs is 1. The van der Waals surface area contributed by atoms with Gasteiger partial charge in [0.15, 0.2) is 11.2 Å². The minimum Gasteiger partial charge on any atom is -0.481 e. The van der Waals surface area contributed by atoms with Crippen molar-refractivity contribution in [2.24, 2.45) is 5.73 Å². The molecule has 0 spiro atoms. The molecule has 0 saturated heterocycles. The van der Waals surface area contributed by atoms with E-state index in [1.165, 1.54) is 30.5 Å². The topological polar surface area (TPSA) is 975 Å². The van der Waals surface area contributed by atoms with E-state index in [1.807, 2.05) is 10.6 Å². The number of thiol groups is 1. The number of amides is 12. The molecule has 726 valence electrons. The summed E-state index contributed by atoms with van der Waals surface area (Å²) in [5.41, 5.74) is 11.2. The van der Waals surface area contributed by atoms with E-state index < -0.39 is 369 Å². The largest absolute Gasteiger partial charge is 0.481 e. The first-order chi connectivity index (χ1) is 61.1. The molecule has 21 atom stereocenters. The monoisotopic (exact) mass is 1880 g/mol. The first kappa shape index (κ1) is 112. The summed E-state index contributed by atoms with van der Waals surface area (Å²) in [4.78, 5) is 254. The van der Waals surface area contributed by atoms with E-state index in [4.69, 9.17) is 11.5 Å². The van der Waals surface area contributed by atoms with Crippen LogP contribution in [0.5, 0.6) is 0 Å². The number of aromatic amines is 1. The molecule has 57 nitrogen and oxygen atoms in total. The molecule has 0 aliphatic rings. The summed E-state index contributed by atoms with van der Waals surface area (Å²) in [7, 11) is 0. The minimum absolute atomic E-state index is 0.0162. The van der Waals surface area contributed by atoms with Crippen LogP contribution >= 0.6 is 12.6 Å². The van der Waals surface area contributed by atoms with Crippen LogP contribution in [0.4, 0.5) is 11.6 Å². The molecule has 0 aliphatic heterocycles. The molecule has 58 heteroatoms. The summed E-state index contributed by atoms with van der Waals surface area (Å²) >= 11 is 3.79. The normalized spacial score (nSPS) is 16.2. The number of carboxylic acids is 5. The number of hydrogen-bond donors (Lipinski definition) is 37. The number of benzene rings is 1. The number of carbonyl (C=O) groups excluding carboxylic acids is 12. The Morgan fingerprint density at radius 2 is 0.746 bits per heavy atom. The molecule has 0 bridgehead atoms. The average Bonchev–Trinajstić information content (AvgIpc) is 0.806. The average molecular weight is 1880 g/mol.